The van der Waals surface area contributed by atoms with Crippen LogP contribution in [0, 0.1) is 11.8 Å². The Labute approximate surface area is 152 Å². The van der Waals surface area contributed by atoms with Crippen LogP contribution in [-0.2, 0) is 21.4 Å². The SMILES string of the molecule is CN1C(=O)CCC(C(=O)N2CCC(CC(=O)O)CC2)C1c1cnn(C)c1. The second-order valence-electron chi connectivity index (χ2n) is 7.41. The predicted octanol–water partition coefficient (Wildman–Crippen LogP) is 1.04. The molecular weight excluding hydrogens is 336 g/mol. The standard InChI is InChI=1S/C18H26N4O4/c1-20-11-13(10-19-20)17-14(3-4-15(23)21(17)2)18(26)22-7-5-12(6-8-22)9-16(24)25/h10-12,14,17H,3-9H2,1-2H3,(H,24,25). The molecule has 0 bridgehead atoms. The molecule has 2 aliphatic rings. The van der Waals surface area contributed by atoms with Gasteiger partial charge in [0.1, 0.15) is 0 Å². The van der Waals surface area contributed by atoms with Crippen molar-refractivity contribution >= 4 is 17.8 Å². The smallest absolute Gasteiger partial charge is 0.303 e. The van der Waals surface area contributed by atoms with E-state index in [1.165, 1.54) is 0 Å². The minimum Gasteiger partial charge on any atom is -0.481 e. The van der Waals surface area contributed by atoms with Gasteiger partial charge in [0.05, 0.1) is 18.2 Å². The molecule has 0 saturated carbocycles. The number of nitrogens with zero attached hydrogens (tertiary/aromatic N) is 4. The highest BCUT2D eigenvalue weighted by Gasteiger charge is 2.41. The van der Waals surface area contributed by atoms with E-state index in [9.17, 15) is 14.4 Å². The summed E-state index contributed by atoms with van der Waals surface area (Å²) in [6, 6.07) is -0.297. The monoisotopic (exact) mass is 362 g/mol. The molecule has 3 rings (SSSR count). The van der Waals surface area contributed by atoms with Crippen molar-refractivity contribution in [1.29, 1.82) is 0 Å². The second-order valence-corrected chi connectivity index (χ2v) is 7.41. The number of hydrogen-bond acceptors (Lipinski definition) is 4. The van der Waals surface area contributed by atoms with Gasteiger partial charge in [0.15, 0.2) is 0 Å². The number of aryl methyl sites for hydroxylation is 1. The summed E-state index contributed by atoms with van der Waals surface area (Å²) in [7, 11) is 3.57. The summed E-state index contributed by atoms with van der Waals surface area (Å²) < 4.78 is 1.68. The normalized spacial score (nSPS) is 24.8. The van der Waals surface area contributed by atoms with Gasteiger partial charge in [-0.1, -0.05) is 0 Å². The van der Waals surface area contributed by atoms with E-state index in [1.807, 2.05) is 18.1 Å². The topological polar surface area (TPSA) is 95.7 Å². The van der Waals surface area contributed by atoms with Crippen LogP contribution >= 0.6 is 0 Å². The summed E-state index contributed by atoms with van der Waals surface area (Å²) in [5.74, 6) is -0.812. The summed E-state index contributed by atoms with van der Waals surface area (Å²) in [6.45, 7) is 1.18. The molecule has 2 unspecified atom stereocenters. The maximum atomic E-state index is 13.2. The average Bonchev–Trinajstić information content (AvgIpc) is 3.02. The van der Waals surface area contributed by atoms with Gasteiger partial charge in [-0.2, -0.15) is 5.10 Å². The molecule has 2 fully saturated rings. The van der Waals surface area contributed by atoms with Crippen LogP contribution in [0.3, 0.4) is 0 Å². The number of aliphatic carboxylic acids is 1. The molecule has 8 heteroatoms. The van der Waals surface area contributed by atoms with Gasteiger partial charge in [-0.05, 0) is 25.2 Å². The lowest BCUT2D eigenvalue weighted by atomic mass is 9.83. The van der Waals surface area contributed by atoms with E-state index in [0.29, 0.717) is 25.9 Å². The van der Waals surface area contributed by atoms with Gasteiger partial charge in [0.2, 0.25) is 11.8 Å². The Morgan fingerprint density at radius 3 is 2.50 bits per heavy atom. The minimum absolute atomic E-state index is 0.0445. The van der Waals surface area contributed by atoms with Crippen molar-refractivity contribution in [1.82, 2.24) is 19.6 Å². The van der Waals surface area contributed by atoms with E-state index in [1.54, 1.807) is 22.8 Å². The van der Waals surface area contributed by atoms with E-state index >= 15 is 0 Å². The van der Waals surface area contributed by atoms with Crippen molar-refractivity contribution in [2.24, 2.45) is 18.9 Å². The molecule has 0 radical (unpaired) electrons. The van der Waals surface area contributed by atoms with Gasteiger partial charge < -0.3 is 14.9 Å². The van der Waals surface area contributed by atoms with E-state index < -0.39 is 5.97 Å². The van der Waals surface area contributed by atoms with Crippen LogP contribution in [0.2, 0.25) is 0 Å². The van der Waals surface area contributed by atoms with Crippen molar-refractivity contribution < 1.29 is 19.5 Å². The number of amides is 2. The molecule has 0 aliphatic carbocycles. The van der Waals surface area contributed by atoms with Crippen LogP contribution in [0.1, 0.15) is 43.7 Å². The van der Waals surface area contributed by atoms with Crippen LogP contribution < -0.4 is 0 Å². The number of carboxylic acids is 1. The fourth-order valence-electron chi connectivity index (χ4n) is 4.18. The van der Waals surface area contributed by atoms with Gasteiger partial charge in [-0.15, -0.1) is 0 Å². The van der Waals surface area contributed by atoms with Gasteiger partial charge in [0, 0.05) is 51.8 Å². The fourth-order valence-corrected chi connectivity index (χ4v) is 4.18. The third kappa shape index (κ3) is 3.73. The molecule has 2 aliphatic heterocycles. The van der Waals surface area contributed by atoms with Gasteiger partial charge in [-0.3, -0.25) is 19.1 Å². The van der Waals surface area contributed by atoms with Crippen molar-refractivity contribution in [3.8, 4) is 0 Å². The third-order valence-corrected chi connectivity index (χ3v) is 5.63. The maximum absolute atomic E-state index is 13.2. The molecule has 0 spiro atoms. The zero-order valence-corrected chi connectivity index (χ0v) is 15.3. The summed E-state index contributed by atoms with van der Waals surface area (Å²) in [4.78, 5) is 39.7. The van der Waals surface area contributed by atoms with Crippen LogP contribution in [-0.4, -0.2) is 62.6 Å². The lowest BCUT2D eigenvalue weighted by Gasteiger charge is -2.41. The number of carboxylic acid groups (broad SMARTS) is 1. The van der Waals surface area contributed by atoms with Crippen molar-refractivity contribution in [3.05, 3.63) is 18.0 Å². The molecule has 2 atom stereocenters. The van der Waals surface area contributed by atoms with Crippen LogP contribution in [0.4, 0.5) is 0 Å². The maximum Gasteiger partial charge on any atom is 0.303 e. The first-order chi connectivity index (χ1) is 12.4. The Morgan fingerprint density at radius 1 is 1.23 bits per heavy atom. The molecule has 1 aromatic rings. The van der Waals surface area contributed by atoms with Crippen molar-refractivity contribution in [2.75, 3.05) is 20.1 Å². The van der Waals surface area contributed by atoms with E-state index in [4.69, 9.17) is 5.11 Å². The summed E-state index contributed by atoms with van der Waals surface area (Å²) >= 11 is 0. The molecule has 1 N–H and O–H groups in total. The summed E-state index contributed by atoms with van der Waals surface area (Å²) in [6.07, 6.45) is 6.10. The average molecular weight is 362 g/mol. The largest absolute Gasteiger partial charge is 0.481 e. The second kappa shape index (κ2) is 7.47. The number of hydrogen-bond donors (Lipinski definition) is 1. The quantitative estimate of drug-likeness (QED) is 0.863. The number of rotatable bonds is 4. The zero-order valence-electron chi connectivity index (χ0n) is 15.3. The molecule has 1 aromatic heterocycles. The zero-order chi connectivity index (χ0) is 18.8. The lowest BCUT2D eigenvalue weighted by molar-refractivity contribution is -0.147. The Hall–Kier alpha value is -2.38. The fraction of sp³-hybridized carbons (Fsp3) is 0.667. The molecule has 2 saturated heterocycles. The van der Waals surface area contributed by atoms with Crippen molar-refractivity contribution in [3.63, 3.8) is 0 Å². The Bertz CT molecular complexity index is 693. The number of aromatic nitrogens is 2. The van der Waals surface area contributed by atoms with E-state index in [0.717, 1.165) is 18.4 Å². The molecule has 2 amide bonds. The number of carbonyl (C=O) groups is 3. The van der Waals surface area contributed by atoms with E-state index in [2.05, 4.69) is 5.10 Å². The number of carbonyl (C=O) groups excluding carboxylic acids is 2. The first-order valence-electron chi connectivity index (χ1n) is 9.11. The number of piperidine rings is 2. The first kappa shape index (κ1) is 18.4. The number of likely N-dealkylation sites (tertiary alicyclic amines) is 2. The van der Waals surface area contributed by atoms with E-state index in [-0.39, 0.29) is 36.1 Å². The Balaban J connectivity index is 1.72. The Morgan fingerprint density at radius 2 is 1.92 bits per heavy atom. The predicted molar refractivity (Wildman–Crippen MR) is 93.0 cm³/mol. The molecular formula is C18H26N4O4. The summed E-state index contributed by atoms with van der Waals surface area (Å²) in [5.41, 5.74) is 0.877. The highest BCUT2D eigenvalue weighted by atomic mass is 16.4. The van der Waals surface area contributed by atoms with Gasteiger partial charge in [0.25, 0.3) is 0 Å². The molecule has 142 valence electrons. The first-order valence-corrected chi connectivity index (χ1v) is 9.11. The summed E-state index contributed by atoms with van der Waals surface area (Å²) in [5, 5.41) is 13.1. The highest BCUT2D eigenvalue weighted by Crippen LogP contribution is 2.37. The van der Waals surface area contributed by atoms with Crippen LogP contribution in [0.15, 0.2) is 12.4 Å². The molecule has 0 aromatic carbocycles. The lowest BCUT2D eigenvalue weighted by Crippen LogP contribution is -2.49. The Kier molecular flexibility index (Phi) is 5.29. The minimum atomic E-state index is -0.779. The van der Waals surface area contributed by atoms with Crippen LogP contribution in [0.5, 0.6) is 0 Å². The van der Waals surface area contributed by atoms with Crippen LogP contribution in [0.25, 0.3) is 0 Å². The van der Waals surface area contributed by atoms with Crippen molar-refractivity contribution in [2.45, 2.75) is 38.1 Å². The van der Waals surface area contributed by atoms with Gasteiger partial charge >= 0.3 is 5.97 Å². The molecule has 26 heavy (non-hydrogen) atoms. The molecule has 3 heterocycles. The highest BCUT2D eigenvalue weighted by molar-refractivity contribution is 5.85. The van der Waals surface area contributed by atoms with Gasteiger partial charge in [-0.25, -0.2) is 0 Å². The molecule has 8 nitrogen and oxygen atoms in total. The third-order valence-electron chi connectivity index (χ3n) is 5.63.